The molecule has 1 aromatic rings. The van der Waals surface area contributed by atoms with Gasteiger partial charge in [0.25, 0.3) is 0 Å². The van der Waals surface area contributed by atoms with Crippen molar-refractivity contribution in [3.05, 3.63) is 35.9 Å². The Labute approximate surface area is 92.2 Å². The SMILES string of the molecule is CCOCCOCCCc1ccccc1. The maximum atomic E-state index is 5.43. The van der Waals surface area contributed by atoms with Crippen molar-refractivity contribution in [1.29, 1.82) is 0 Å². The summed E-state index contributed by atoms with van der Waals surface area (Å²) in [4.78, 5) is 0. The van der Waals surface area contributed by atoms with Crippen LogP contribution in [0.2, 0.25) is 0 Å². The van der Waals surface area contributed by atoms with Gasteiger partial charge in [-0.3, -0.25) is 0 Å². The molecule has 1 aromatic carbocycles. The largest absolute Gasteiger partial charge is 0.379 e. The quantitative estimate of drug-likeness (QED) is 0.611. The monoisotopic (exact) mass is 208 g/mol. The molecule has 1 rings (SSSR count). The maximum Gasteiger partial charge on any atom is 0.0700 e. The summed E-state index contributed by atoms with van der Waals surface area (Å²) in [5.74, 6) is 0. The lowest BCUT2D eigenvalue weighted by Gasteiger charge is -2.04. The molecule has 0 aliphatic rings. The fourth-order valence-electron chi connectivity index (χ4n) is 1.39. The Bertz CT molecular complexity index is 234. The molecule has 84 valence electrons. The molecule has 0 radical (unpaired) electrons. The second-order valence-electron chi connectivity index (χ2n) is 3.40. The van der Waals surface area contributed by atoms with E-state index >= 15 is 0 Å². The minimum Gasteiger partial charge on any atom is -0.379 e. The molecule has 0 N–H and O–H groups in total. The lowest BCUT2D eigenvalue weighted by atomic mass is 10.1. The highest BCUT2D eigenvalue weighted by atomic mass is 16.5. The fraction of sp³-hybridized carbons (Fsp3) is 0.538. The van der Waals surface area contributed by atoms with Crippen molar-refractivity contribution in [3.8, 4) is 0 Å². The molecular formula is C13H20O2. The van der Waals surface area contributed by atoms with Crippen molar-refractivity contribution in [2.24, 2.45) is 0 Å². The number of hydrogen-bond acceptors (Lipinski definition) is 2. The van der Waals surface area contributed by atoms with E-state index in [2.05, 4.69) is 24.3 Å². The van der Waals surface area contributed by atoms with Crippen LogP contribution in [0.1, 0.15) is 18.9 Å². The highest BCUT2D eigenvalue weighted by Crippen LogP contribution is 2.02. The summed E-state index contributed by atoms with van der Waals surface area (Å²) in [6, 6.07) is 10.5. The lowest BCUT2D eigenvalue weighted by Crippen LogP contribution is -2.05. The zero-order chi connectivity index (χ0) is 10.8. The summed E-state index contributed by atoms with van der Waals surface area (Å²) in [7, 11) is 0. The van der Waals surface area contributed by atoms with Gasteiger partial charge in [-0.2, -0.15) is 0 Å². The van der Waals surface area contributed by atoms with Gasteiger partial charge in [-0.1, -0.05) is 30.3 Å². The molecule has 0 atom stereocenters. The van der Waals surface area contributed by atoms with Gasteiger partial charge in [0.15, 0.2) is 0 Å². The Morgan fingerprint density at radius 1 is 0.933 bits per heavy atom. The van der Waals surface area contributed by atoms with E-state index in [1.807, 2.05) is 13.0 Å². The summed E-state index contributed by atoms with van der Waals surface area (Å²) in [6.45, 7) is 5.01. The van der Waals surface area contributed by atoms with E-state index in [9.17, 15) is 0 Å². The van der Waals surface area contributed by atoms with Crippen LogP contribution < -0.4 is 0 Å². The molecular weight excluding hydrogens is 188 g/mol. The van der Waals surface area contributed by atoms with Gasteiger partial charge in [0.05, 0.1) is 13.2 Å². The third-order valence-electron chi connectivity index (χ3n) is 2.17. The van der Waals surface area contributed by atoms with E-state index in [0.29, 0.717) is 13.2 Å². The van der Waals surface area contributed by atoms with E-state index in [-0.39, 0.29) is 0 Å². The molecule has 0 bridgehead atoms. The first-order valence-corrected chi connectivity index (χ1v) is 5.63. The minimum absolute atomic E-state index is 0.710. The average molecular weight is 208 g/mol. The molecule has 0 saturated carbocycles. The summed E-state index contributed by atoms with van der Waals surface area (Å²) < 4.78 is 10.6. The lowest BCUT2D eigenvalue weighted by molar-refractivity contribution is 0.0520. The molecule has 0 aromatic heterocycles. The Kier molecular flexibility index (Phi) is 6.88. The number of hydrogen-bond donors (Lipinski definition) is 0. The molecule has 15 heavy (non-hydrogen) atoms. The van der Waals surface area contributed by atoms with E-state index in [1.54, 1.807) is 0 Å². The van der Waals surface area contributed by atoms with Crippen molar-refractivity contribution >= 4 is 0 Å². The molecule has 0 unspecified atom stereocenters. The zero-order valence-corrected chi connectivity index (χ0v) is 9.45. The van der Waals surface area contributed by atoms with Gasteiger partial charge in [0, 0.05) is 13.2 Å². The highest BCUT2D eigenvalue weighted by Gasteiger charge is 1.92. The smallest absolute Gasteiger partial charge is 0.0700 e. The fourth-order valence-corrected chi connectivity index (χ4v) is 1.39. The van der Waals surface area contributed by atoms with E-state index in [0.717, 1.165) is 26.1 Å². The first-order chi connectivity index (χ1) is 7.43. The molecule has 0 aliphatic carbocycles. The molecule has 0 fully saturated rings. The van der Waals surface area contributed by atoms with E-state index < -0.39 is 0 Å². The normalized spacial score (nSPS) is 10.5. The van der Waals surface area contributed by atoms with Crippen molar-refractivity contribution < 1.29 is 9.47 Å². The number of aryl methyl sites for hydroxylation is 1. The molecule has 0 saturated heterocycles. The van der Waals surface area contributed by atoms with Crippen molar-refractivity contribution in [2.45, 2.75) is 19.8 Å². The maximum absolute atomic E-state index is 5.43. The van der Waals surface area contributed by atoms with Crippen LogP contribution in [-0.4, -0.2) is 26.4 Å². The molecule has 0 aliphatic heterocycles. The predicted octanol–water partition coefficient (Wildman–Crippen LogP) is 2.67. The Hall–Kier alpha value is -0.860. The van der Waals surface area contributed by atoms with Gasteiger partial charge in [-0.25, -0.2) is 0 Å². The summed E-state index contributed by atoms with van der Waals surface area (Å²) in [5, 5.41) is 0. The Balaban J connectivity index is 1.93. The van der Waals surface area contributed by atoms with Crippen LogP contribution in [-0.2, 0) is 15.9 Å². The van der Waals surface area contributed by atoms with Gasteiger partial charge in [0.2, 0.25) is 0 Å². The summed E-state index contributed by atoms with van der Waals surface area (Å²) >= 11 is 0. The topological polar surface area (TPSA) is 18.5 Å². The van der Waals surface area contributed by atoms with Crippen LogP contribution in [0, 0.1) is 0 Å². The molecule has 0 amide bonds. The molecule has 2 nitrogen and oxygen atoms in total. The van der Waals surface area contributed by atoms with E-state index in [1.165, 1.54) is 5.56 Å². The first-order valence-electron chi connectivity index (χ1n) is 5.63. The standard InChI is InChI=1S/C13H20O2/c1-2-14-11-12-15-10-6-9-13-7-4-3-5-8-13/h3-5,7-8H,2,6,9-12H2,1H3. The molecule has 0 heterocycles. The summed E-state index contributed by atoms with van der Waals surface area (Å²) in [6.07, 6.45) is 2.17. The van der Waals surface area contributed by atoms with Gasteiger partial charge >= 0.3 is 0 Å². The first kappa shape index (κ1) is 12.2. The van der Waals surface area contributed by atoms with Crippen LogP contribution in [0.5, 0.6) is 0 Å². The van der Waals surface area contributed by atoms with Gasteiger partial charge < -0.3 is 9.47 Å². The third kappa shape index (κ3) is 6.26. The van der Waals surface area contributed by atoms with Gasteiger partial charge in [-0.15, -0.1) is 0 Å². The second kappa shape index (κ2) is 8.45. The predicted molar refractivity (Wildman–Crippen MR) is 62.1 cm³/mol. The minimum atomic E-state index is 0.710. The van der Waals surface area contributed by atoms with Crippen LogP contribution in [0.3, 0.4) is 0 Å². The number of rotatable bonds is 8. The third-order valence-corrected chi connectivity index (χ3v) is 2.17. The number of ether oxygens (including phenoxy) is 2. The highest BCUT2D eigenvalue weighted by molar-refractivity contribution is 5.14. The van der Waals surface area contributed by atoms with Crippen molar-refractivity contribution in [1.82, 2.24) is 0 Å². The van der Waals surface area contributed by atoms with Crippen LogP contribution >= 0.6 is 0 Å². The van der Waals surface area contributed by atoms with Gasteiger partial charge in [-0.05, 0) is 25.3 Å². The average Bonchev–Trinajstić information content (AvgIpc) is 2.29. The molecule has 2 heteroatoms. The van der Waals surface area contributed by atoms with Crippen molar-refractivity contribution in [2.75, 3.05) is 26.4 Å². The van der Waals surface area contributed by atoms with Crippen LogP contribution in [0.4, 0.5) is 0 Å². The van der Waals surface area contributed by atoms with Crippen LogP contribution in [0.25, 0.3) is 0 Å². The number of benzene rings is 1. The summed E-state index contributed by atoms with van der Waals surface area (Å²) in [5.41, 5.74) is 1.38. The Morgan fingerprint density at radius 2 is 1.67 bits per heavy atom. The molecule has 0 spiro atoms. The second-order valence-corrected chi connectivity index (χ2v) is 3.40. The zero-order valence-electron chi connectivity index (χ0n) is 9.45. The Morgan fingerprint density at radius 3 is 2.40 bits per heavy atom. The van der Waals surface area contributed by atoms with Crippen LogP contribution in [0.15, 0.2) is 30.3 Å². The van der Waals surface area contributed by atoms with Crippen molar-refractivity contribution in [3.63, 3.8) is 0 Å². The van der Waals surface area contributed by atoms with Gasteiger partial charge in [0.1, 0.15) is 0 Å². The van der Waals surface area contributed by atoms with E-state index in [4.69, 9.17) is 9.47 Å².